The number of pyridine rings is 2. The van der Waals surface area contributed by atoms with Crippen LogP contribution in [0.2, 0.25) is 0 Å². The zero-order valence-electron chi connectivity index (χ0n) is 15.5. The molecule has 0 spiro atoms. The minimum absolute atomic E-state index is 0.382. The number of fused-ring (bicyclic) bond motifs is 1. The molecule has 3 N–H and O–H groups in total. The first-order valence-corrected chi connectivity index (χ1v) is 8.73. The summed E-state index contributed by atoms with van der Waals surface area (Å²) in [7, 11) is 0. The highest BCUT2D eigenvalue weighted by molar-refractivity contribution is 5.88. The lowest BCUT2D eigenvalue weighted by Gasteiger charge is -2.11. The maximum absolute atomic E-state index is 10.6. The van der Waals surface area contributed by atoms with Gasteiger partial charge in [0.05, 0.1) is 5.69 Å². The molecule has 0 unspecified atom stereocenters. The van der Waals surface area contributed by atoms with Gasteiger partial charge in [0.25, 0.3) is 0 Å². The van der Waals surface area contributed by atoms with E-state index in [1.165, 1.54) is 0 Å². The van der Waals surface area contributed by atoms with Crippen molar-refractivity contribution in [2.45, 2.75) is 19.4 Å². The molecule has 4 aromatic rings. The fourth-order valence-corrected chi connectivity index (χ4v) is 2.84. The molecule has 0 amide bonds. The average molecular weight is 370 g/mol. The van der Waals surface area contributed by atoms with Gasteiger partial charge in [-0.15, -0.1) is 0 Å². The quantitative estimate of drug-likeness (QED) is 0.525. The average Bonchev–Trinajstić information content (AvgIpc) is 3.14. The summed E-state index contributed by atoms with van der Waals surface area (Å²) in [6, 6.07) is 15.1. The van der Waals surface area contributed by atoms with E-state index in [0.717, 1.165) is 22.2 Å². The largest absolute Gasteiger partial charge is 0.382 e. The molecule has 0 aliphatic carbocycles. The second kappa shape index (κ2) is 6.80. The number of aromatic nitrogens is 3. The van der Waals surface area contributed by atoms with Crippen LogP contribution in [-0.2, 0) is 5.60 Å². The van der Waals surface area contributed by atoms with Gasteiger partial charge < -0.3 is 15.4 Å². The monoisotopic (exact) mass is 370 g/mol. The van der Waals surface area contributed by atoms with Gasteiger partial charge in [-0.1, -0.05) is 35.2 Å². The highest BCUT2D eigenvalue weighted by Crippen LogP contribution is 2.24. The van der Waals surface area contributed by atoms with E-state index in [1.54, 1.807) is 26.1 Å². The van der Waals surface area contributed by atoms with Crippen LogP contribution in [0.3, 0.4) is 0 Å². The molecule has 0 saturated heterocycles. The molecule has 0 aliphatic rings. The SMILES string of the molecule is Cc1cc([C@](C)(O)C#Cc2cccc(-c3ccc4ccnc(N)c4n3)c2)no1. The number of benzene rings is 1. The van der Waals surface area contributed by atoms with Gasteiger partial charge in [-0.25, -0.2) is 9.97 Å². The molecular weight excluding hydrogens is 352 g/mol. The molecule has 0 aliphatic heterocycles. The van der Waals surface area contributed by atoms with Crippen molar-refractivity contribution in [1.29, 1.82) is 0 Å². The fraction of sp³-hybridized carbons (Fsp3) is 0.136. The first-order chi connectivity index (χ1) is 13.4. The maximum atomic E-state index is 10.6. The summed E-state index contributed by atoms with van der Waals surface area (Å²) in [5, 5.41) is 15.3. The van der Waals surface area contributed by atoms with E-state index < -0.39 is 5.60 Å². The molecule has 3 aromatic heterocycles. The third-order valence-electron chi connectivity index (χ3n) is 4.37. The van der Waals surface area contributed by atoms with Gasteiger partial charge in [-0.2, -0.15) is 0 Å². The van der Waals surface area contributed by atoms with Crippen molar-refractivity contribution in [3.05, 3.63) is 71.7 Å². The second-order valence-electron chi connectivity index (χ2n) is 6.69. The zero-order chi connectivity index (χ0) is 19.7. The van der Waals surface area contributed by atoms with Gasteiger partial charge in [0.15, 0.2) is 5.60 Å². The Morgan fingerprint density at radius 3 is 2.79 bits per heavy atom. The standard InChI is InChI=1S/C22H18N4O2/c1-14-12-19(26-28-14)22(2,27)10-8-15-4-3-5-17(13-15)18-7-6-16-9-11-24-21(23)20(16)25-18/h3-7,9,11-13,27H,1-2H3,(H2,23,24)/t22-/m1/s1. The van der Waals surface area contributed by atoms with E-state index in [-0.39, 0.29) is 0 Å². The summed E-state index contributed by atoms with van der Waals surface area (Å²) in [6.45, 7) is 3.35. The topological polar surface area (TPSA) is 98.1 Å². The molecule has 1 atom stereocenters. The Bertz CT molecular complexity index is 1230. The first kappa shape index (κ1) is 17.7. The molecule has 0 radical (unpaired) electrons. The highest BCUT2D eigenvalue weighted by atomic mass is 16.5. The molecule has 6 nitrogen and oxygen atoms in total. The van der Waals surface area contributed by atoms with Crippen molar-refractivity contribution < 1.29 is 9.63 Å². The van der Waals surface area contributed by atoms with E-state index in [0.29, 0.717) is 22.8 Å². The molecule has 1 aromatic carbocycles. The normalized spacial score (nSPS) is 13.0. The van der Waals surface area contributed by atoms with Crippen LogP contribution in [0.4, 0.5) is 5.82 Å². The molecule has 4 rings (SSSR count). The van der Waals surface area contributed by atoms with Crippen molar-refractivity contribution in [2.24, 2.45) is 0 Å². The number of aryl methyl sites for hydroxylation is 1. The molecule has 138 valence electrons. The Balaban J connectivity index is 1.69. The summed E-state index contributed by atoms with van der Waals surface area (Å²) in [6.07, 6.45) is 1.66. The van der Waals surface area contributed by atoms with Gasteiger partial charge in [-0.05, 0) is 38.1 Å². The van der Waals surface area contributed by atoms with E-state index in [1.807, 2.05) is 42.5 Å². The van der Waals surface area contributed by atoms with Crippen LogP contribution in [0, 0.1) is 18.8 Å². The third-order valence-corrected chi connectivity index (χ3v) is 4.37. The van der Waals surface area contributed by atoms with Crippen molar-refractivity contribution >= 4 is 16.7 Å². The molecule has 0 fully saturated rings. The summed E-state index contributed by atoms with van der Waals surface area (Å²) in [5.41, 5.74) is 8.01. The molecule has 3 heterocycles. The lowest BCUT2D eigenvalue weighted by atomic mass is 10.0. The molecule has 0 saturated carbocycles. The smallest absolute Gasteiger partial charge is 0.168 e. The minimum Gasteiger partial charge on any atom is -0.382 e. The first-order valence-electron chi connectivity index (χ1n) is 8.73. The Hall–Kier alpha value is -3.69. The van der Waals surface area contributed by atoms with Crippen LogP contribution in [0.15, 0.2) is 59.3 Å². The van der Waals surface area contributed by atoms with Crippen LogP contribution >= 0.6 is 0 Å². The number of nitrogens with zero attached hydrogens (tertiary/aromatic N) is 3. The summed E-state index contributed by atoms with van der Waals surface area (Å²) in [4.78, 5) is 8.74. The number of hydrogen-bond acceptors (Lipinski definition) is 6. The Morgan fingerprint density at radius 2 is 2.00 bits per heavy atom. The van der Waals surface area contributed by atoms with Gasteiger partial charge in [0.2, 0.25) is 0 Å². The van der Waals surface area contributed by atoms with E-state index >= 15 is 0 Å². The maximum Gasteiger partial charge on any atom is 0.168 e. The van der Waals surface area contributed by atoms with Gasteiger partial charge >= 0.3 is 0 Å². The predicted molar refractivity (Wildman–Crippen MR) is 107 cm³/mol. The van der Waals surface area contributed by atoms with Crippen LogP contribution in [-0.4, -0.2) is 20.2 Å². The summed E-state index contributed by atoms with van der Waals surface area (Å²) in [5.74, 6) is 6.88. The Kier molecular flexibility index (Phi) is 4.30. The zero-order valence-corrected chi connectivity index (χ0v) is 15.5. The molecule has 6 heteroatoms. The summed E-state index contributed by atoms with van der Waals surface area (Å²) >= 11 is 0. The lowest BCUT2D eigenvalue weighted by molar-refractivity contribution is 0.112. The number of anilines is 1. The van der Waals surface area contributed by atoms with Crippen molar-refractivity contribution in [3.63, 3.8) is 0 Å². The molecule has 0 bridgehead atoms. The molecular formula is C22H18N4O2. The van der Waals surface area contributed by atoms with E-state index in [2.05, 4.69) is 27.0 Å². The van der Waals surface area contributed by atoms with Crippen LogP contribution in [0.5, 0.6) is 0 Å². The predicted octanol–water partition coefficient (Wildman–Crippen LogP) is 3.43. The Labute approximate surface area is 162 Å². The van der Waals surface area contributed by atoms with Gasteiger partial charge in [0, 0.05) is 28.8 Å². The molecule has 28 heavy (non-hydrogen) atoms. The second-order valence-corrected chi connectivity index (χ2v) is 6.69. The van der Waals surface area contributed by atoms with Crippen molar-refractivity contribution in [3.8, 4) is 23.1 Å². The van der Waals surface area contributed by atoms with Crippen LogP contribution in [0.25, 0.3) is 22.2 Å². The number of nitrogen functional groups attached to an aromatic ring is 1. The van der Waals surface area contributed by atoms with Crippen molar-refractivity contribution in [1.82, 2.24) is 15.1 Å². The van der Waals surface area contributed by atoms with Crippen molar-refractivity contribution in [2.75, 3.05) is 5.73 Å². The number of nitrogens with two attached hydrogens (primary N) is 1. The highest BCUT2D eigenvalue weighted by Gasteiger charge is 2.24. The fourth-order valence-electron chi connectivity index (χ4n) is 2.84. The lowest BCUT2D eigenvalue weighted by Crippen LogP contribution is -2.18. The number of aliphatic hydroxyl groups is 1. The Morgan fingerprint density at radius 1 is 1.14 bits per heavy atom. The number of hydrogen-bond donors (Lipinski definition) is 2. The van der Waals surface area contributed by atoms with E-state index in [9.17, 15) is 5.11 Å². The minimum atomic E-state index is -1.41. The summed E-state index contributed by atoms with van der Waals surface area (Å²) < 4.78 is 5.02. The van der Waals surface area contributed by atoms with Gasteiger partial charge in [0.1, 0.15) is 22.8 Å². The third kappa shape index (κ3) is 3.43. The number of rotatable bonds is 2. The van der Waals surface area contributed by atoms with Crippen LogP contribution < -0.4 is 5.73 Å². The van der Waals surface area contributed by atoms with Crippen LogP contribution in [0.1, 0.15) is 23.9 Å². The van der Waals surface area contributed by atoms with E-state index in [4.69, 9.17) is 10.3 Å². The van der Waals surface area contributed by atoms with Gasteiger partial charge in [-0.3, -0.25) is 0 Å².